The fourth-order valence-electron chi connectivity index (χ4n) is 2.74. The summed E-state index contributed by atoms with van der Waals surface area (Å²) >= 11 is 0. The van der Waals surface area contributed by atoms with Crippen molar-refractivity contribution in [3.63, 3.8) is 0 Å². The molecule has 0 bridgehead atoms. The predicted molar refractivity (Wildman–Crippen MR) is 114 cm³/mol. The molecule has 3 aromatic rings. The number of anilines is 2. The van der Waals surface area contributed by atoms with E-state index in [2.05, 4.69) is 4.72 Å². The van der Waals surface area contributed by atoms with E-state index >= 15 is 0 Å². The van der Waals surface area contributed by atoms with Crippen LogP contribution in [-0.2, 0) is 21.0 Å². The lowest BCUT2D eigenvalue weighted by Gasteiger charge is -2.17. The molecule has 174 valence electrons. The van der Waals surface area contributed by atoms with E-state index in [1.165, 1.54) is 66.5 Å². The van der Waals surface area contributed by atoms with Gasteiger partial charge in [0.15, 0.2) is 6.61 Å². The van der Waals surface area contributed by atoms with E-state index in [1.54, 1.807) is 0 Å². The van der Waals surface area contributed by atoms with Crippen LogP contribution in [0.5, 0.6) is 5.75 Å². The number of benzene rings is 3. The first kappa shape index (κ1) is 24.1. The number of carbonyl (C=O) groups excluding carboxylic acids is 1. The minimum atomic E-state index is -4.61. The van der Waals surface area contributed by atoms with E-state index in [9.17, 15) is 30.8 Å². The van der Waals surface area contributed by atoms with Crippen LogP contribution >= 0.6 is 0 Å². The molecule has 0 heterocycles. The molecule has 0 aliphatic heterocycles. The number of hydrogen-bond donors (Lipinski definition) is 1. The molecule has 0 aromatic heterocycles. The molecule has 0 saturated heterocycles. The zero-order valence-electron chi connectivity index (χ0n) is 17.1. The van der Waals surface area contributed by atoms with Crippen LogP contribution in [0.4, 0.5) is 28.9 Å². The van der Waals surface area contributed by atoms with Gasteiger partial charge in [-0.1, -0.05) is 6.07 Å². The lowest BCUT2D eigenvalue weighted by atomic mass is 10.2. The minimum absolute atomic E-state index is 0.203. The second-order valence-corrected chi connectivity index (χ2v) is 8.56. The van der Waals surface area contributed by atoms with Gasteiger partial charge in [0.05, 0.1) is 10.5 Å². The van der Waals surface area contributed by atoms with E-state index in [-0.39, 0.29) is 22.9 Å². The van der Waals surface area contributed by atoms with Crippen LogP contribution in [0.1, 0.15) is 5.56 Å². The lowest BCUT2D eigenvalue weighted by molar-refractivity contribution is -0.137. The zero-order chi connectivity index (χ0) is 24.2. The maximum absolute atomic E-state index is 13.0. The largest absolute Gasteiger partial charge is 0.484 e. The van der Waals surface area contributed by atoms with Gasteiger partial charge in [0.25, 0.3) is 15.9 Å². The van der Waals surface area contributed by atoms with E-state index in [1.807, 2.05) is 0 Å². The van der Waals surface area contributed by atoms with Gasteiger partial charge in [-0.05, 0) is 66.7 Å². The Morgan fingerprint density at radius 2 is 1.64 bits per heavy atom. The fourth-order valence-corrected chi connectivity index (χ4v) is 3.79. The summed E-state index contributed by atoms with van der Waals surface area (Å²) in [7, 11) is -2.66. The van der Waals surface area contributed by atoms with Crippen molar-refractivity contribution < 1.29 is 35.5 Å². The van der Waals surface area contributed by atoms with Gasteiger partial charge in [-0.15, -0.1) is 0 Å². The quantitative estimate of drug-likeness (QED) is 0.496. The summed E-state index contributed by atoms with van der Waals surface area (Å²) in [6, 6.07) is 14.1. The first-order valence-electron chi connectivity index (χ1n) is 9.41. The summed E-state index contributed by atoms with van der Waals surface area (Å²) in [4.78, 5) is 13.3. The van der Waals surface area contributed by atoms with Crippen molar-refractivity contribution in [2.24, 2.45) is 0 Å². The number of likely N-dealkylation sites (N-methyl/N-ethyl adjacent to an activating group) is 1. The summed E-state index contributed by atoms with van der Waals surface area (Å²) in [5.74, 6) is -0.660. The fraction of sp³-hybridized carbons (Fsp3) is 0.136. The van der Waals surface area contributed by atoms with Gasteiger partial charge in [-0.25, -0.2) is 12.8 Å². The van der Waals surface area contributed by atoms with E-state index in [0.717, 1.165) is 12.1 Å². The highest BCUT2D eigenvalue weighted by Crippen LogP contribution is 2.31. The number of halogens is 4. The number of nitrogens with zero attached hydrogens (tertiary/aromatic N) is 1. The zero-order valence-corrected chi connectivity index (χ0v) is 18.0. The first-order valence-corrected chi connectivity index (χ1v) is 10.9. The second kappa shape index (κ2) is 9.49. The molecule has 0 spiro atoms. The van der Waals surface area contributed by atoms with E-state index in [4.69, 9.17) is 4.74 Å². The Bertz CT molecular complexity index is 1230. The Morgan fingerprint density at radius 1 is 1.00 bits per heavy atom. The van der Waals surface area contributed by atoms with Crippen LogP contribution in [0.3, 0.4) is 0 Å². The number of alkyl halides is 3. The molecule has 0 aliphatic rings. The predicted octanol–water partition coefficient (Wildman–Crippen LogP) is 4.69. The second-order valence-electron chi connectivity index (χ2n) is 6.87. The highest BCUT2D eigenvalue weighted by Gasteiger charge is 2.30. The number of rotatable bonds is 7. The summed E-state index contributed by atoms with van der Waals surface area (Å²) in [5, 5.41) is 0. The number of carbonyl (C=O) groups is 1. The summed E-state index contributed by atoms with van der Waals surface area (Å²) in [6.45, 7) is -0.359. The summed E-state index contributed by atoms with van der Waals surface area (Å²) < 4.78 is 83.9. The van der Waals surface area contributed by atoms with Crippen molar-refractivity contribution in [3.8, 4) is 5.75 Å². The van der Waals surface area contributed by atoms with Crippen molar-refractivity contribution in [1.82, 2.24) is 0 Å². The molecule has 0 atom stereocenters. The van der Waals surface area contributed by atoms with Crippen LogP contribution < -0.4 is 14.4 Å². The standard InChI is InChI=1S/C22H18F4N2O4S/c1-28(18-7-5-16(23)6-8-18)21(29)14-32-19-9-11-20(12-10-19)33(30,31)27-17-4-2-3-15(13-17)22(24,25)26/h2-13,27H,14H2,1H3. The van der Waals surface area contributed by atoms with Gasteiger partial charge < -0.3 is 9.64 Å². The van der Waals surface area contributed by atoms with Gasteiger partial charge in [0.1, 0.15) is 11.6 Å². The number of amides is 1. The molecule has 11 heteroatoms. The van der Waals surface area contributed by atoms with Crippen molar-refractivity contribution in [2.45, 2.75) is 11.1 Å². The maximum atomic E-state index is 13.0. The van der Waals surface area contributed by atoms with Crippen LogP contribution in [0, 0.1) is 5.82 Å². The molecule has 0 unspecified atom stereocenters. The normalized spacial score (nSPS) is 11.7. The molecule has 0 saturated carbocycles. The molecule has 0 radical (unpaired) electrons. The molecule has 0 fully saturated rings. The smallest absolute Gasteiger partial charge is 0.416 e. The van der Waals surface area contributed by atoms with E-state index < -0.39 is 33.5 Å². The van der Waals surface area contributed by atoms with Crippen molar-refractivity contribution >= 4 is 27.3 Å². The molecule has 1 amide bonds. The maximum Gasteiger partial charge on any atom is 0.416 e. The molecule has 6 nitrogen and oxygen atoms in total. The molecule has 33 heavy (non-hydrogen) atoms. The van der Waals surface area contributed by atoms with Crippen LogP contribution in [-0.4, -0.2) is 28.0 Å². The third kappa shape index (κ3) is 6.22. The van der Waals surface area contributed by atoms with Gasteiger partial charge in [-0.2, -0.15) is 13.2 Å². The Morgan fingerprint density at radius 3 is 2.24 bits per heavy atom. The minimum Gasteiger partial charge on any atom is -0.484 e. The van der Waals surface area contributed by atoms with Crippen molar-refractivity contribution in [2.75, 3.05) is 23.3 Å². The Hall–Kier alpha value is -3.60. The van der Waals surface area contributed by atoms with Crippen LogP contribution in [0.15, 0.2) is 77.7 Å². The van der Waals surface area contributed by atoms with Crippen molar-refractivity contribution in [3.05, 3.63) is 84.2 Å². The Labute approximate surface area is 187 Å². The number of sulfonamides is 1. The topological polar surface area (TPSA) is 75.7 Å². The van der Waals surface area contributed by atoms with Gasteiger partial charge in [0.2, 0.25) is 0 Å². The van der Waals surface area contributed by atoms with E-state index in [0.29, 0.717) is 11.8 Å². The Balaban J connectivity index is 1.63. The summed E-state index contributed by atoms with van der Waals surface area (Å²) in [5.41, 5.74) is -0.756. The highest BCUT2D eigenvalue weighted by molar-refractivity contribution is 7.92. The molecule has 0 aliphatic carbocycles. The number of nitrogens with one attached hydrogen (secondary N) is 1. The third-order valence-corrected chi connectivity index (χ3v) is 5.92. The number of ether oxygens (including phenoxy) is 1. The molecular weight excluding hydrogens is 464 g/mol. The average molecular weight is 482 g/mol. The van der Waals surface area contributed by atoms with Crippen LogP contribution in [0.2, 0.25) is 0 Å². The third-order valence-electron chi connectivity index (χ3n) is 4.53. The van der Waals surface area contributed by atoms with Crippen molar-refractivity contribution in [1.29, 1.82) is 0 Å². The first-order chi connectivity index (χ1) is 15.5. The Kier molecular flexibility index (Phi) is 6.92. The van der Waals surface area contributed by atoms with Gasteiger partial charge in [0, 0.05) is 18.4 Å². The summed E-state index contributed by atoms with van der Waals surface area (Å²) in [6.07, 6.45) is -4.61. The SMILES string of the molecule is CN(C(=O)COc1ccc(S(=O)(=O)Nc2cccc(C(F)(F)F)c2)cc1)c1ccc(F)cc1. The van der Waals surface area contributed by atoms with Gasteiger partial charge >= 0.3 is 6.18 Å². The molecule has 3 aromatic carbocycles. The lowest BCUT2D eigenvalue weighted by Crippen LogP contribution is -2.31. The van der Waals surface area contributed by atoms with Gasteiger partial charge in [-0.3, -0.25) is 9.52 Å². The monoisotopic (exact) mass is 482 g/mol. The highest BCUT2D eigenvalue weighted by atomic mass is 32.2. The molecular formula is C22H18F4N2O4S. The average Bonchev–Trinajstić information content (AvgIpc) is 2.77. The molecule has 3 rings (SSSR count). The van der Waals surface area contributed by atoms with Crippen LogP contribution in [0.25, 0.3) is 0 Å². The number of hydrogen-bond acceptors (Lipinski definition) is 4. The molecule has 1 N–H and O–H groups in total.